The summed E-state index contributed by atoms with van der Waals surface area (Å²) in [7, 11) is 0. The highest BCUT2D eigenvalue weighted by molar-refractivity contribution is 7.99. The van der Waals surface area contributed by atoms with Crippen LogP contribution in [0.3, 0.4) is 0 Å². The predicted molar refractivity (Wildman–Crippen MR) is 152 cm³/mol. The molecule has 0 bridgehead atoms. The Morgan fingerprint density at radius 1 is 1.02 bits per heavy atom. The number of benzene rings is 2. The van der Waals surface area contributed by atoms with Crippen LogP contribution in [0.15, 0.2) is 59.9 Å². The van der Waals surface area contributed by atoms with E-state index in [1.165, 1.54) is 18.0 Å². The Morgan fingerprint density at radius 3 is 2.32 bits per heavy atom. The number of hydroxylamine groups is 1. The van der Waals surface area contributed by atoms with E-state index in [0.717, 1.165) is 47.3 Å². The molecule has 0 spiro atoms. The molecule has 11 heteroatoms. The molecule has 2 amide bonds. The molecule has 4 rings (SSSR count). The number of carbonyl (C=O) groups is 2. The molecule has 3 aromatic rings. The van der Waals surface area contributed by atoms with Gasteiger partial charge >= 0.3 is 6.18 Å². The summed E-state index contributed by atoms with van der Waals surface area (Å²) in [5.74, 6) is 0.180. The standard InChI is InChI=1S/C30H35F3N4O3S/c1-20(2)14-16-40-37-26(38)25-18-34-28(36-25)41-17-9-3-8-15-29(27(39)35-19-30(31,32)33)23-12-6-4-10-21(23)22-11-5-7-13-24(22)29/h4-7,10-13,18,20H,3,8-9,14-17,19H2,1-2H3,(H,34,36)(H,35,39)(H,37,38). The van der Waals surface area contributed by atoms with Crippen molar-refractivity contribution in [2.24, 2.45) is 5.92 Å². The minimum Gasteiger partial charge on any atom is -0.346 e. The maximum atomic E-state index is 13.5. The van der Waals surface area contributed by atoms with E-state index in [1.807, 2.05) is 48.5 Å². The van der Waals surface area contributed by atoms with E-state index in [-0.39, 0.29) is 5.91 Å². The molecule has 7 nitrogen and oxygen atoms in total. The summed E-state index contributed by atoms with van der Waals surface area (Å²) in [6, 6.07) is 14.9. The molecule has 0 atom stereocenters. The summed E-state index contributed by atoms with van der Waals surface area (Å²) < 4.78 is 39.1. The van der Waals surface area contributed by atoms with E-state index < -0.39 is 24.0 Å². The number of amides is 2. The van der Waals surface area contributed by atoms with Crippen molar-refractivity contribution >= 4 is 23.6 Å². The fourth-order valence-corrected chi connectivity index (χ4v) is 5.93. The number of hydrogen-bond donors (Lipinski definition) is 3. The quantitative estimate of drug-likeness (QED) is 0.115. The van der Waals surface area contributed by atoms with Crippen LogP contribution in [0, 0.1) is 5.92 Å². The number of thioether (sulfide) groups is 1. The summed E-state index contributed by atoms with van der Waals surface area (Å²) >= 11 is 1.48. The van der Waals surface area contributed by atoms with Gasteiger partial charge in [0.15, 0.2) is 5.16 Å². The number of halogens is 3. The smallest absolute Gasteiger partial charge is 0.346 e. The topological polar surface area (TPSA) is 96.1 Å². The van der Waals surface area contributed by atoms with E-state index in [1.54, 1.807) is 0 Å². The van der Waals surface area contributed by atoms with Gasteiger partial charge in [0.25, 0.3) is 5.91 Å². The first-order chi connectivity index (χ1) is 19.6. The fraction of sp³-hybridized carbons (Fsp3) is 0.433. The monoisotopic (exact) mass is 588 g/mol. The van der Waals surface area contributed by atoms with Crippen LogP contribution in [0.2, 0.25) is 0 Å². The van der Waals surface area contributed by atoms with Gasteiger partial charge < -0.3 is 10.3 Å². The van der Waals surface area contributed by atoms with Gasteiger partial charge in [0.05, 0.1) is 12.8 Å². The van der Waals surface area contributed by atoms with Gasteiger partial charge in [-0.05, 0) is 47.4 Å². The summed E-state index contributed by atoms with van der Waals surface area (Å²) in [5, 5.41) is 2.78. The Balaban J connectivity index is 1.34. The highest BCUT2D eigenvalue weighted by Crippen LogP contribution is 2.51. The molecule has 0 aliphatic heterocycles. The Bertz CT molecular complexity index is 1300. The summed E-state index contributed by atoms with van der Waals surface area (Å²) in [6.45, 7) is 3.21. The third-order valence-electron chi connectivity index (χ3n) is 7.10. The van der Waals surface area contributed by atoms with Crippen molar-refractivity contribution in [2.45, 2.75) is 62.7 Å². The lowest BCUT2D eigenvalue weighted by Crippen LogP contribution is -2.47. The van der Waals surface area contributed by atoms with E-state index in [0.29, 0.717) is 36.2 Å². The minimum absolute atomic E-state index is 0.308. The molecule has 0 saturated heterocycles. The molecule has 0 fully saturated rings. The average molecular weight is 589 g/mol. The summed E-state index contributed by atoms with van der Waals surface area (Å²) in [4.78, 5) is 38.2. The number of fused-ring (bicyclic) bond motifs is 3. The lowest BCUT2D eigenvalue weighted by atomic mass is 9.73. The number of nitrogens with zero attached hydrogens (tertiary/aromatic N) is 1. The molecule has 2 aromatic carbocycles. The molecule has 0 radical (unpaired) electrons. The Labute approximate surface area is 242 Å². The average Bonchev–Trinajstić information content (AvgIpc) is 3.53. The van der Waals surface area contributed by atoms with Crippen molar-refractivity contribution in [2.75, 3.05) is 18.9 Å². The van der Waals surface area contributed by atoms with Gasteiger partial charge in [-0.3, -0.25) is 14.4 Å². The second-order valence-corrected chi connectivity index (χ2v) is 11.6. The van der Waals surface area contributed by atoms with Gasteiger partial charge in [-0.25, -0.2) is 10.5 Å². The maximum Gasteiger partial charge on any atom is 0.405 e. The van der Waals surface area contributed by atoms with Crippen molar-refractivity contribution in [1.29, 1.82) is 0 Å². The first-order valence-electron chi connectivity index (χ1n) is 13.8. The Morgan fingerprint density at radius 2 is 1.68 bits per heavy atom. The predicted octanol–water partition coefficient (Wildman–Crippen LogP) is 6.41. The largest absolute Gasteiger partial charge is 0.405 e. The molecular weight excluding hydrogens is 553 g/mol. The number of imidazole rings is 1. The zero-order chi connectivity index (χ0) is 29.5. The Hall–Kier alpha value is -3.31. The maximum absolute atomic E-state index is 13.5. The third kappa shape index (κ3) is 7.51. The first-order valence-corrected chi connectivity index (χ1v) is 14.7. The number of H-pyrrole nitrogens is 1. The zero-order valence-electron chi connectivity index (χ0n) is 23.1. The molecule has 1 aliphatic carbocycles. The van der Waals surface area contributed by atoms with Crippen LogP contribution in [0.4, 0.5) is 13.2 Å². The van der Waals surface area contributed by atoms with Gasteiger partial charge in [0.2, 0.25) is 5.91 Å². The van der Waals surface area contributed by atoms with Crippen LogP contribution >= 0.6 is 11.8 Å². The van der Waals surface area contributed by atoms with Crippen LogP contribution in [-0.4, -0.2) is 46.9 Å². The second-order valence-electron chi connectivity index (χ2n) is 10.5. The molecule has 0 saturated carbocycles. The van der Waals surface area contributed by atoms with Crippen molar-refractivity contribution in [3.8, 4) is 11.1 Å². The van der Waals surface area contributed by atoms with Gasteiger partial charge in [0.1, 0.15) is 17.7 Å². The molecule has 1 aliphatic rings. The van der Waals surface area contributed by atoms with E-state index in [4.69, 9.17) is 4.84 Å². The molecule has 3 N–H and O–H groups in total. The third-order valence-corrected chi connectivity index (χ3v) is 8.07. The van der Waals surface area contributed by atoms with Crippen molar-refractivity contribution in [3.05, 3.63) is 71.5 Å². The van der Waals surface area contributed by atoms with Gasteiger partial charge in [-0.15, -0.1) is 0 Å². The van der Waals surface area contributed by atoms with Crippen LogP contribution in [0.1, 0.15) is 67.6 Å². The van der Waals surface area contributed by atoms with Crippen molar-refractivity contribution < 1.29 is 27.6 Å². The highest BCUT2D eigenvalue weighted by Gasteiger charge is 2.49. The fourth-order valence-electron chi connectivity index (χ4n) is 5.08. The van der Waals surface area contributed by atoms with E-state index in [2.05, 4.69) is 34.6 Å². The highest BCUT2D eigenvalue weighted by atomic mass is 32.2. The Kier molecular flexibility index (Phi) is 10.1. The van der Waals surface area contributed by atoms with Crippen molar-refractivity contribution in [1.82, 2.24) is 20.8 Å². The normalized spacial score (nSPS) is 13.6. The number of aromatic nitrogens is 2. The van der Waals surface area contributed by atoms with Crippen LogP contribution in [0.25, 0.3) is 11.1 Å². The number of rotatable bonds is 14. The minimum atomic E-state index is -4.50. The number of alkyl halides is 3. The van der Waals surface area contributed by atoms with Crippen LogP contribution < -0.4 is 10.8 Å². The second kappa shape index (κ2) is 13.6. The number of unbranched alkanes of at least 4 members (excludes halogenated alkanes) is 2. The number of aromatic amines is 1. The van der Waals surface area contributed by atoms with Crippen LogP contribution in [0.5, 0.6) is 0 Å². The molecule has 1 aromatic heterocycles. The lowest BCUT2D eigenvalue weighted by molar-refractivity contribution is -0.141. The summed E-state index contributed by atoms with van der Waals surface area (Å²) in [6.07, 6.45) is 0.390. The number of hydrogen-bond acceptors (Lipinski definition) is 5. The van der Waals surface area contributed by atoms with Crippen LogP contribution in [-0.2, 0) is 15.0 Å². The van der Waals surface area contributed by atoms with E-state index in [9.17, 15) is 22.8 Å². The van der Waals surface area contributed by atoms with Gasteiger partial charge in [-0.1, -0.05) is 87.0 Å². The summed E-state index contributed by atoms with van der Waals surface area (Å²) in [5.41, 5.74) is 4.77. The lowest BCUT2D eigenvalue weighted by Gasteiger charge is -2.31. The SMILES string of the molecule is CC(C)CCONC(=O)c1cnc(SCCCCCC2(C(=O)NCC(F)(F)F)c3ccccc3-c3ccccc32)[nH]1. The molecule has 0 unspecified atom stereocenters. The van der Waals surface area contributed by atoms with Crippen molar-refractivity contribution in [3.63, 3.8) is 0 Å². The molecule has 1 heterocycles. The number of carbonyl (C=O) groups excluding carboxylic acids is 2. The number of nitrogens with one attached hydrogen (secondary N) is 3. The van der Waals surface area contributed by atoms with Gasteiger partial charge in [0, 0.05) is 5.75 Å². The molecule has 41 heavy (non-hydrogen) atoms. The molecule has 220 valence electrons. The van der Waals surface area contributed by atoms with E-state index >= 15 is 0 Å². The van der Waals surface area contributed by atoms with Gasteiger partial charge in [-0.2, -0.15) is 13.2 Å². The first kappa shape index (κ1) is 30.6. The zero-order valence-corrected chi connectivity index (χ0v) is 24.0. The molecular formula is C30H35F3N4O3S.